The second kappa shape index (κ2) is 7.34. The second-order valence-corrected chi connectivity index (χ2v) is 7.42. The van der Waals surface area contributed by atoms with E-state index in [0.29, 0.717) is 12.2 Å². The summed E-state index contributed by atoms with van der Waals surface area (Å²) >= 11 is 0. The number of hydrogen-bond donors (Lipinski definition) is 1. The smallest absolute Gasteiger partial charge is 0.294 e. The molecule has 0 fully saturated rings. The van der Waals surface area contributed by atoms with Crippen LogP contribution in [0.4, 0.5) is 5.69 Å². The maximum absolute atomic E-state index is 11.6. The van der Waals surface area contributed by atoms with Gasteiger partial charge < -0.3 is 4.74 Å². The minimum absolute atomic E-state index is 0.201. The van der Waals surface area contributed by atoms with Crippen LogP contribution in [-0.2, 0) is 23.0 Å². The number of nitro benzene ring substituents is 1. The largest absolute Gasteiger partial charge is 0.497 e. The standard InChI is InChI=1S/C19H17NO6S/c1-26-17-9-7-14-4-2-3-13(18(14)12-17)5-6-15-11-16(20(21)22)8-10-19(15)27(23,24)25/h2-4,7-12H,5-6H2,1H3,(H,23,24,25). The van der Waals surface area contributed by atoms with Crippen molar-refractivity contribution in [3.63, 3.8) is 0 Å². The Labute approximate surface area is 156 Å². The Hall–Kier alpha value is -2.97. The number of ether oxygens (including phenoxy) is 1. The summed E-state index contributed by atoms with van der Waals surface area (Å²) in [6.07, 6.45) is 0.654. The van der Waals surface area contributed by atoms with E-state index in [2.05, 4.69) is 0 Å². The molecule has 0 radical (unpaired) electrons. The van der Waals surface area contributed by atoms with E-state index in [1.807, 2.05) is 36.4 Å². The Morgan fingerprint density at radius 3 is 2.44 bits per heavy atom. The van der Waals surface area contributed by atoms with Gasteiger partial charge in [0.15, 0.2) is 0 Å². The number of hydrogen-bond acceptors (Lipinski definition) is 5. The van der Waals surface area contributed by atoms with Gasteiger partial charge in [-0.2, -0.15) is 8.42 Å². The first-order chi connectivity index (χ1) is 12.8. The van der Waals surface area contributed by atoms with Crippen LogP contribution in [0.1, 0.15) is 11.1 Å². The Kier molecular flexibility index (Phi) is 5.11. The molecule has 0 aromatic heterocycles. The summed E-state index contributed by atoms with van der Waals surface area (Å²) in [5, 5.41) is 13.0. The van der Waals surface area contributed by atoms with Crippen molar-refractivity contribution in [1.29, 1.82) is 0 Å². The molecule has 8 heteroatoms. The maximum atomic E-state index is 11.6. The third-order valence-corrected chi connectivity index (χ3v) is 5.33. The second-order valence-electron chi connectivity index (χ2n) is 6.03. The highest BCUT2D eigenvalue weighted by molar-refractivity contribution is 7.85. The Morgan fingerprint density at radius 2 is 1.78 bits per heavy atom. The number of nitrogens with zero attached hydrogens (tertiary/aromatic N) is 1. The first kappa shape index (κ1) is 18.8. The van der Waals surface area contributed by atoms with Crippen molar-refractivity contribution in [3.05, 3.63) is 75.8 Å². The highest BCUT2D eigenvalue weighted by Crippen LogP contribution is 2.27. The highest BCUT2D eigenvalue weighted by atomic mass is 32.2. The summed E-state index contributed by atoms with van der Waals surface area (Å²) < 4.78 is 37.9. The van der Waals surface area contributed by atoms with Gasteiger partial charge in [-0.1, -0.05) is 24.3 Å². The lowest BCUT2D eigenvalue weighted by molar-refractivity contribution is -0.385. The zero-order valence-electron chi connectivity index (χ0n) is 14.5. The fraction of sp³-hybridized carbons (Fsp3) is 0.158. The van der Waals surface area contributed by atoms with Crippen LogP contribution in [0.5, 0.6) is 5.75 Å². The molecule has 3 aromatic rings. The predicted molar refractivity (Wildman–Crippen MR) is 101 cm³/mol. The molecule has 0 bridgehead atoms. The van der Waals surface area contributed by atoms with E-state index < -0.39 is 15.0 Å². The molecular weight excluding hydrogens is 370 g/mol. The lowest BCUT2D eigenvalue weighted by Crippen LogP contribution is -2.05. The van der Waals surface area contributed by atoms with Crippen LogP contribution in [0.3, 0.4) is 0 Å². The fourth-order valence-corrected chi connectivity index (χ4v) is 3.79. The van der Waals surface area contributed by atoms with Gasteiger partial charge in [-0.05, 0) is 52.9 Å². The molecule has 3 rings (SSSR count). The monoisotopic (exact) mass is 387 g/mol. The van der Waals surface area contributed by atoms with Gasteiger partial charge in [0.2, 0.25) is 0 Å². The topological polar surface area (TPSA) is 107 Å². The van der Waals surface area contributed by atoms with Crippen molar-refractivity contribution in [3.8, 4) is 5.75 Å². The molecule has 7 nitrogen and oxygen atoms in total. The normalized spacial score (nSPS) is 11.5. The molecule has 140 valence electrons. The van der Waals surface area contributed by atoms with Crippen LogP contribution in [0, 0.1) is 10.1 Å². The molecule has 0 spiro atoms. The molecule has 0 aliphatic rings. The third kappa shape index (κ3) is 4.07. The number of benzene rings is 3. The van der Waals surface area contributed by atoms with Gasteiger partial charge in [0.05, 0.1) is 16.9 Å². The average Bonchev–Trinajstić information content (AvgIpc) is 2.64. The number of aryl methyl sites for hydroxylation is 2. The zero-order chi connectivity index (χ0) is 19.6. The van der Waals surface area contributed by atoms with Crippen LogP contribution in [0.2, 0.25) is 0 Å². The van der Waals surface area contributed by atoms with Gasteiger partial charge in [0, 0.05) is 12.1 Å². The molecular formula is C19H17NO6S. The molecule has 0 aliphatic carbocycles. The van der Waals surface area contributed by atoms with Crippen molar-refractivity contribution in [1.82, 2.24) is 0 Å². The van der Waals surface area contributed by atoms with Crippen LogP contribution >= 0.6 is 0 Å². The van der Waals surface area contributed by atoms with Crippen LogP contribution in [-0.4, -0.2) is 25.0 Å². The van der Waals surface area contributed by atoms with Crippen molar-refractivity contribution in [2.24, 2.45) is 0 Å². The van der Waals surface area contributed by atoms with Gasteiger partial charge in [0.1, 0.15) is 5.75 Å². The fourth-order valence-electron chi connectivity index (χ4n) is 3.06. The minimum atomic E-state index is -4.48. The molecule has 0 saturated carbocycles. The third-order valence-electron chi connectivity index (χ3n) is 4.38. The molecule has 0 heterocycles. The first-order valence-corrected chi connectivity index (χ1v) is 9.54. The van der Waals surface area contributed by atoms with Crippen molar-refractivity contribution in [2.75, 3.05) is 7.11 Å². The van der Waals surface area contributed by atoms with E-state index in [1.54, 1.807) is 7.11 Å². The number of nitro groups is 1. The van der Waals surface area contributed by atoms with Gasteiger partial charge >= 0.3 is 0 Å². The Morgan fingerprint density at radius 1 is 1.04 bits per heavy atom. The molecule has 0 aliphatic heterocycles. The van der Waals surface area contributed by atoms with Crippen LogP contribution in [0.25, 0.3) is 10.8 Å². The molecule has 0 saturated heterocycles. The van der Waals surface area contributed by atoms with E-state index in [1.165, 1.54) is 6.07 Å². The van der Waals surface area contributed by atoms with Gasteiger partial charge in [-0.25, -0.2) is 0 Å². The summed E-state index contributed by atoms with van der Waals surface area (Å²) in [6, 6.07) is 14.7. The summed E-state index contributed by atoms with van der Waals surface area (Å²) in [5.41, 5.74) is 0.919. The molecule has 0 atom stereocenters. The lowest BCUT2D eigenvalue weighted by atomic mass is 9.98. The van der Waals surface area contributed by atoms with E-state index in [0.717, 1.165) is 28.5 Å². The number of non-ortho nitro benzene ring substituents is 1. The summed E-state index contributed by atoms with van der Waals surface area (Å²) in [6.45, 7) is 0. The van der Waals surface area contributed by atoms with Gasteiger partial charge in [-0.3, -0.25) is 14.7 Å². The first-order valence-electron chi connectivity index (χ1n) is 8.10. The highest BCUT2D eigenvalue weighted by Gasteiger charge is 2.19. The summed E-state index contributed by atoms with van der Waals surface area (Å²) in [7, 11) is -2.90. The van der Waals surface area contributed by atoms with Gasteiger partial charge in [-0.15, -0.1) is 0 Å². The molecule has 0 unspecified atom stereocenters. The van der Waals surface area contributed by atoms with E-state index in [-0.39, 0.29) is 22.6 Å². The zero-order valence-corrected chi connectivity index (χ0v) is 15.3. The summed E-state index contributed by atoms with van der Waals surface area (Å²) in [4.78, 5) is 10.1. The minimum Gasteiger partial charge on any atom is -0.497 e. The van der Waals surface area contributed by atoms with Crippen LogP contribution < -0.4 is 4.74 Å². The van der Waals surface area contributed by atoms with E-state index in [4.69, 9.17) is 4.74 Å². The Bertz CT molecular complexity index is 1120. The quantitative estimate of drug-likeness (QED) is 0.392. The lowest BCUT2D eigenvalue weighted by Gasteiger charge is -2.10. The number of fused-ring (bicyclic) bond motifs is 1. The number of rotatable bonds is 6. The summed E-state index contributed by atoms with van der Waals surface area (Å²) in [5.74, 6) is 0.698. The van der Waals surface area contributed by atoms with E-state index >= 15 is 0 Å². The molecule has 0 amide bonds. The maximum Gasteiger partial charge on any atom is 0.294 e. The molecule has 3 aromatic carbocycles. The number of methoxy groups -OCH3 is 1. The van der Waals surface area contributed by atoms with Crippen LogP contribution in [0.15, 0.2) is 59.5 Å². The van der Waals surface area contributed by atoms with Crippen molar-refractivity contribution in [2.45, 2.75) is 17.7 Å². The average molecular weight is 387 g/mol. The Balaban J connectivity index is 2.00. The SMILES string of the molecule is COc1ccc2cccc(CCc3cc([N+](=O)[O-])ccc3S(=O)(=O)O)c2c1. The van der Waals surface area contributed by atoms with Crippen molar-refractivity contribution < 1.29 is 22.6 Å². The predicted octanol–water partition coefficient (Wildman–Crippen LogP) is 3.79. The van der Waals surface area contributed by atoms with Crippen molar-refractivity contribution >= 4 is 26.6 Å². The van der Waals surface area contributed by atoms with E-state index in [9.17, 15) is 23.1 Å². The molecule has 27 heavy (non-hydrogen) atoms. The van der Waals surface area contributed by atoms with Gasteiger partial charge in [0.25, 0.3) is 15.8 Å². The molecule has 1 N–H and O–H groups in total.